The van der Waals surface area contributed by atoms with E-state index in [0.717, 1.165) is 22.2 Å². The highest BCUT2D eigenvalue weighted by atomic mass is 19.3. The summed E-state index contributed by atoms with van der Waals surface area (Å²) in [5.41, 5.74) is 3.26. The second kappa shape index (κ2) is 4.88. The van der Waals surface area contributed by atoms with Crippen molar-refractivity contribution in [2.75, 3.05) is 11.9 Å². The molecule has 0 aliphatic rings. The molecule has 0 unspecified atom stereocenters. The van der Waals surface area contributed by atoms with Crippen molar-refractivity contribution in [2.24, 2.45) is 0 Å². The normalized spacial score (nSPS) is 11.2. The first kappa shape index (κ1) is 12.7. The van der Waals surface area contributed by atoms with Crippen LogP contribution in [0.4, 0.5) is 14.5 Å². The monoisotopic (exact) mass is 250 g/mol. The molecule has 0 aliphatic heterocycles. The van der Waals surface area contributed by atoms with Crippen molar-refractivity contribution in [3.05, 3.63) is 35.0 Å². The molecule has 0 bridgehead atoms. The van der Waals surface area contributed by atoms with Crippen molar-refractivity contribution < 1.29 is 8.78 Å². The molecule has 0 amide bonds. The maximum absolute atomic E-state index is 12.8. The van der Waals surface area contributed by atoms with Gasteiger partial charge in [0.25, 0.3) is 6.43 Å². The highest BCUT2D eigenvalue weighted by Crippen LogP contribution is 2.30. The van der Waals surface area contributed by atoms with E-state index in [4.69, 9.17) is 0 Å². The third-order valence-corrected chi connectivity index (χ3v) is 2.86. The summed E-state index contributed by atoms with van der Waals surface area (Å²) in [5, 5.41) is 4.06. The van der Waals surface area contributed by atoms with Gasteiger partial charge in [0.15, 0.2) is 0 Å². The molecule has 0 fully saturated rings. The molecule has 0 saturated heterocycles. The summed E-state index contributed by atoms with van der Waals surface area (Å²) in [6, 6.07) is 5.32. The lowest BCUT2D eigenvalue weighted by atomic mass is 10.0. The van der Waals surface area contributed by atoms with E-state index in [2.05, 4.69) is 10.3 Å². The second-order valence-electron chi connectivity index (χ2n) is 4.40. The van der Waals surface area contributed by atoms with Gasteiger partial charge in [-0.3, -0.25) is 0 Å². The number of anilines is 1. The second-order valence-corrected chi connectivity index (χ2v) is 4.40. The summed E-state index contributed by atoms with van der Waals surface area (Å²) < 4.78 is 25.7. The molecule has 1 N–H and O–H groups in total. The number of hydrogen-bond donors (Lipinski definition) is 1. The Morgan fingerprint density at radius 2 is 1.94 bits per heavy atom. The molecule has 18 heavy (non-hydrogen) atoms. The van der Waals surface area contributed by atoms with E-state index in [-0.39, 0.29) is 5.69 Å². The zero-order chi connectivity index (χ0) is 13.3. The van der Waals surface area contributed by atoms with Crippen LogP contribution < -0.4 is 5.32 Å². The minimum Gasteiger partial charge on any atom is -0.385 e. The van der Waals surface area contributed by atoms with Gasteiger partial charge in [-0.15, -0.1) is 0 Å². The Morgan fingerprint density at radius 1 is 1.22 bits per heavy atom. The number of aromatic nitrogens is 1. The molecule has 1 aromatic heterocycles. The summed E-state index contributed by atoms with van der Waals surface area (Å²) in [7, 11) is 0. The molecule has 4 heteroatoms. The first-order valence-corrected chi connectivity index (χ1v) is 5.97. The van der Waals surface area contributed by atoms with Gasteiger partial charge in [-0.2, -0.15) is 0 Å². The molecule has 0 radical (unpaired) electrons. The maximum atomic E-state index is 12.8. The molecule has 1 aromatic carbocycles. The van der Waals surface area contributed by atoms with Crippen molar-refractivity contribution >= 4 is 16.6 Å². The topological polar surface area (TPSA) is 24.9 Å². The Labute approximate surface area is 105 Å². The highest BCUT2D eigenvalue weighted by molar-refractivity contribution is 5.94. The zero-order valence-electron chi connectivity index (χ0n) is 10.7. The summed E-state index contributed by atoms with van der Waals surface area (Å²) >= 11 is 0. The molecule has 96 valence electrons. The Bertz CT molecular complexity index is 580. The summed E-state index contributed by atoms with van der Waals surface area (Å²) in [4.78, 5) is 4.05. The van der Waals surface area contributed by atoms with Gasteiger partial charge in [0.2, 0.25) is 0 Å². The summed E-state index contributed by atoms with van der Waals surface area (Å²) in [5.74, 6) is 0. The number of nitrogens with zero attached hydrogens (tertiary/aromatic N) is 1. The molecule has 2 nitrogen and oxygen atoms in total. The number of pyridine rings is 1. The van der Waals surface area contributed by atoms with E-state index < -0.39 is 6.43 Å². The van der Waals surface area contributed by atoms with Crippen molar-refractivity contribution in [2.45, 2.75) is 27.2 Å². The minimum atomic E-state index is -2.55. The van der Waals surface area contributed by atoms with Crippen LogP contribution in [0.2, 0.25) is 0 Å². The fourth-order valence-electron chi connectivity index (χ4n) is 2.22. The average molecular weight is 250 g/mol. The van der Waals surface area contributed by atoms with Gasteiger partial charge in [0.05, 0.1) is 5.52 Å². The minimum absolute atomic E-state index is 0.177. The van der Waals surface area contributed by atoms with E-state index in [1.807, 2.05) is 32.9 Å². The predicted molar refractivity (Wildman–Crippen MR) is 70.3 cm³/mol. The average Bonchev–Trinajstić information content (AvgIpc) is 2.27. The lowest BCUT2D eigenvalue weighted by Gasteiger charge is -2.13. The molecule has 0 atom stereocenters. The number of aryl methyl sites for hydroxylation is 2. The van der Waals surface area contributed by atoms with Crippen LogP contribution in [0.5, 0.6) is 0 Å². The molecule has 2 aromatic rings. The summed E-state index contributed by atoms with van der Waals surface area (Å²) in [6.07, 6.45) is -2.55. The van der Waals surface area contributed by atoms with Gasteiger partial charge >= 0.3 is 0 Å². The lowest BCUT2D eigenvalue weighted by molar-refractivity contribution is 0.146. The number of hydrogen-bond acceptors (Lipinski definition) is 2. The quantitative estimate of drug-likeness (QED) is 0.882. The van der Waals surface area contributed by atoms with E-state index in [1.54, 1.807) is 0 Å². The molecular weight excluding hydrogens is 234 g/mol. The fraction of sp³-hybridized carbons (Fsp3) is 0.357. The van der Waals surface area contributed by atoms with Crippen LogP contribution >= 0.6 is 0 Å². The van der Waals surface area contributed by atoms with Crippen LogP contribution in [0.25, 0.3) is 10.9 Å². The number of rotatable bonds is 3. The smallest absolute Gasteiger partial charge is 0.280 e. The largest absolute Gasteiger partial charge is 0.385 e. The van der Waals surface area contributed by atoms with E-state index >= 15 is 0 Å². The highest BCUT2D eigenvalue weighted by Gasteiger charge is 2.14. The molecular formula is C14H16F2N2. The molecule has 2 rings (SSSR count). The van der Waals surface area contributed by atoms with Crippen molar-refractivity contribution in [3.63, 3.8) is 0 Å². The number of alkyl halides is 2. The number of fused-ring (bicyclic) bond motifs is 1. The Hall–Kier alpha value is -1.71. The SMILES string of the molecule is CCNc1cc(C(F)F)nc2cc(C)cc(C)c12. The Morgan fingerprint density at radius 3 is 2.56 bits per heavy atom. The molecule has 0 aliphatic carbocycles. The van der Waals surface area contributed by atoms with Gasteiger partial charge in [-0.1, -0.05) is 6.07 Å². The Balaban J connectivity index is 2.76. The molecule has 0 spiro atoms. The van der Waals surface area contributed by atoms with Crippen LogP contribution in [-0.2, 0) is 0 Å². The molecule has 1 heterocycles. The number of halogens is 2. The lowest BCUT2D eigenvalue weighted by Crippen LogP contribution is -2.02. The van der Waals surface area contributed by atoms with Crippen molar-refractivity contribution in [1.29, 1.82) is 0 Å². The predicted octanol–water partition coefficient (Wildman–Crippen LogP) is 4.22. The van der Waals surface area contributed by atoms with Crippen LogP contribution in [-0.4, -0.2) is 11.5 Å². The third kappa shape index (κ3) is 2.28. The van der Waals surface area contributed by atoms with Gasteiger partial charge < -0.3 is 5.32 Å². The first-order valence-electron chi connectivity index (χ1n) is 5.97. The molecule has 0 saturated carbocycles. The maximum Gasteiger partial charge on any atom is 0.280 e. The third-order valence-electron chi connectivity index (χ3n) is 2.86. The van der Waals surface area contributed by atoms with Crippen molar-refractivity contribution in [1.82, 2.24) is 4.98 Å². The number of benzene rings is 1. The first-order chi connectivity index (χ1) is 8.52. The summed E-state index contributed by atoms with van der Waals surface area (Å²) in [6.45, 7) is 6.54. The van der Waals surface area contributed by atoms with Crippen LogP contribution in [0.15, 0.2) is 18.2 Å². The van der Waals surface area contributed by atoms with E-state index in [0.29, 0.717) is 12.1 Å². The van der Waals surface area contributed by atoms with Gasteiger partial charge in [-0.25, -0.2) is 13.8 Å². The van der Waals surface area contributed by atoms with E-state index in [1.165, 1.54) is 6.07 Å². The fourth-order valence-corrected chi connectivity index (χ4v) is 2.22. The zero-order valence-corrected chi connectivity index (χ0v) is 10.7. The van der Waals surface area contributed by atoms with E-state index in [9.17, 15) is 8.78 Å². The Kier molecular flexibility index (Phi) is 3.45. The van der Waals surface area contributed by atoms with Crippen LogP contribution in [0.1, 0.15) is 30.2 Å². The van der Waals surface area contributed by atoms with Gasteiger partial charge in [0, 0.05) is 17.6 Å². The van der Waals surface area contributed by atoms with Crippen LogP contribution in [0, 0.1) is 13.8 Å². The van der Waals surface area contributed by atoms with Crippen LogP contribution in [0.3, 0.4) is 0 Å². The van der Waals surface area contributed by atoms with Crippen molar-refractivity contribution in [3.8, 4) is 0 Å². The standard InChI is InChI=1S/C14H16F2N2/c1-4-17-10-7-12(14(15)16)18-11-6-8(2)5-9(3)13(10)11/h5-7,14H,4H2,1-3H3,(H,17,18). The van der Waals surface area contributed by atoms with Gasteiger partial charge in [0.1, 0.15) is 5.69 Å². The van der Waals surface area contributed by atoms with Gasteiger partial charge in [-0.05, 0) is 44.0 Å². The number of nitrogens with one attached hydrogen (secondary N) is 1.